The van der Waals surface area contributed by atoms with Crippen LogP contribution in [0.15, 0.2) is 12.1 Å². The monoisotopic (exact) mass is 186 g/mol. The Bertz CT molecular complexity index is 339. The van der Waals surface area contributed by atoms with E-state index in [0.717, 1.165) is 6.07 Å². The van der Waals surface area contributed by atoms with Crippen molar-refractivity contribution in [3.05, 3.63) is 29.3 Å². The molecule has 0 aromatic heterocycles. The van der Waals surface area contributed by atoms with Crippen LogP contribution in [0, 0.1) is 11.6 Å². The maximum absolute atomic E-state index is 13.0. The third kappa shape index (κ3) is 1.27. The van der Waals surface area contributed by atoms with E-state index in [4.69, 9.17) is 4.74 Å². The first-order valence-corrected chi connectivity index (χ1v) is 3.99. The Balaban J connectivity index is 2.56. The van der Waals surface area contributed by atoms with E-state index >= 15 is 0 Å². The quantitative estimate of drug-likeness (QED) is 0.669. The first-order valence-electron chi connectivity index (χ1n) is 3.99. The van der Waals surface area contributed by atoms with Gasteiger partial charge in [-0.3, -0.25) is 0 Å². The SMILES string of the molecule is O[C@H]1CCOc2c1ccc(F)c2F. The van der Waals surface area contributed by atoms with Gasteiger partial charge in [-0.05, 0) is 12.1 Å². The Morgan fingerprint density at radius 2 is 2.15 bits per heavy atom. The number of hydrogen-bond acceptors (Lipinski definition) is 2. The molecular weight excluding hydrogens is 178 g/mol. The van der Waals surface area contributed by atoms with Crippen LogP contribution in [0.2, 0.25) is 0 Å². The molecule has 1 aliphatic heterocycles. The van der Waals surface area contributed by atoms with Gasteiger partial charge in [0.2, 0.25) is 5.82 Å². The van der Waals surface area contributed by atoms with Crippen molar-refractivity contribution < 1.29 is 18.6 Å². The summed E-state index contributed by atoms with van der Waals surface area (Å²) in [5.41, 5.74) is 0.324. The molecule has 1 heterocycles. The molecule has 2 rings (SSSR count). The summed E-state index contributed by atoms with van der Waals surface area (Å²) in [6, 6.07) is 2.34. The van der Waals surface area contributed by atoms with Crippen LogP contribution in [-0.4, -0.2) is 11.7 Å². The number of benzene rings is 1. The number of hydrogen-bond donors (Lipinski definition) is 1. The Kier molecular flexibility index (Phi) is 1.92. The smallest absolute Gasteiger partial charge is 0.200 e. The topological polar surface area (TPSA) is 29.5 Å². The van der Waals surface area contributed by atoms with Crippen molar-refractivity contribution in [1.82, 2.24) is 0 Å². The molecule has 1 atom stereocenters. The number of halogens is 2. The molecule has 0 amide bonds. The Labute approximate surface area is 73.8 Å². The Morgan fingerprint density at radius 1 is 1.38 bits per heavy atom. The molecule has 0 unspecified atom stereocenters. The molecule has 1 aromatic rings. The van der Waals surface area contributed by atoms with Crippen molar-refractivity contribution in [2.75, 3.05) is 6.61 Å². The summed E-state index contributed by atoms with van der Waals surface area (Å²) in [5.74, 6) is -2.12. The number of aliphatic hydroxyl groups is 1. The van der Waals surface area contributed by atoms with Gasteiger partial charge in [0, 0.05) is 12.0 Å². The number of fused-ring (bicyclic) bond motifs is 1. The number of rotatable bonds is 0. The maximum Gasteiger partial charge on any atom is 0.200 e. The van der Waals surface area contributed by atoms with Gasteiger partial charge >= 0.3 is 0 Å². The van der Waals surface area contributed by atoms with Crippen molar-refractivity contribution in [1.29, 1.82) is 0 Å². The molecule has 1 N–H and O–H groups in total. The summed E-state index contributed by atoms with van der Waals surface area (Å²) < 4.78 is 30.7. The highest BCUT2D eigenvalue weighted by Gasteiger charge is 2.24. The lowest BCUT2D eigenvalue weighted by molar-refractivity contribution is 0.111. The van der Waals surface area contributed by atoms with Gasteiger partial charge in [-0.2, -0.15) is 4.39 Å². The molecule has 0 saturated heterocycles. The number of ether oxygens (including phenoxy) is 1. The van der Waals surface area contributed by atoms with E-state index in [2.05, 4.69) is 0 Å². The summed E-state index contributed by atoms with van der Waals surface area (Å²) in [4.78, 5) is 0. The lowest BCUT2D eigenvalue weighted by Crippen LogP contribution is -2.15. The fourth-order valence-electron chi connectivity index (χ4n) is 1.38. The summed E-state index contributed by atoms with van der Waals surface area (Å²) in [6.45, 7) is 0.217. The first-order chi connectivity index (χ1) is 6.20. The average molecular weight is 186 g/mol. The molecule has 0 fully saturated rings. The predicted molar refractivity (Wildman–Crippen MR) is 41.4 cm³/mol. The van der Waals surface area contributed by atoms with Crippen molar-refractivity contribution in [3.63, 3.8) is 0 Å². The van der Waals surface area contributed by atoms with Crippen LogP contribution in [0.1, 0.15) is 18.1 Å². The zero-order valence-corrected chi connectivity index (χ0v) is 6.76. The van der Waals surface area contributed by atoms with Crippen LogP contribution in [0.25, 0.3) is 0 Å². The highest BCUT2D eigenvalue weighted by Crippen LogP contribution is 2.34. The van der Waals surface area contributed by atoms with Gasteiger partial charge in [-0.1, -0.05) is 0 Å². The predicted octanol–water partition coefficient (Wildman–Crippen LogP) is 1.78. The van der Waals surface area contributed by atoms with Crippen LogP contribution < -0.4 is 4.74 Å². The maximum atomic E-state index is 13.0. The van der Waals surface area contributed by atoms with Crippen LogP contribution in [0.3, 0.4) is 0 Å². The Hall–Kier alpha value is -1.16. The molecule has 0 spiro atoms. The summed E-state index contributed by atoms with van der Waals surface area (Å²) in [7, 11) is 0. The highest BCUT2D eigenvalue weighted by atomic mass is 19.2. The molecule has 1 aliphatic rings. The van der Waals surface area contributed by atoms with Gasteiger partial charge < -0.3 is 9.84 Å². The molecule has 0 bridgehead atoms. The largest absolute Gasteiger partial charge is 0.490 e. The molecule has 0 saturated carbocycles. The van der Waals surface area contributed by atoms with E-state index in [1.54, 1.807) is 0 Å². The lowest BCUT2D eigenvalue weighted by atomic mass is 10.0. The van der Waals surface area contributed by atoms with Crippen LogP contribution in [-0.2, 0) is 0 Å². The minimum absolute atomic E-state index is 0.154. The fraction of sp³-hybridized carbons (Fsp3) is 0.333. The summed E-state index contributed by atoms with van der Waals surface area (Å²) in [6.07, 6.45) is -0.336. The van der Waals surface area contributed by atoms with E-state index in [1.165, 1.54) is 6.07 Å². The second kappa shape index (κ2) is 2.96. The van der Waals surface area contributed by atoms with Crippen LogP contribution in [0.4, 0.5) is 8.78 Å². The third-order valence-corrected chi connectivity index (χ3v) is 2.08. The second-order valence-corrected chi connectivity index (χ2v) is 2.93. The minimum Gasteiger partial charge on any atom is -0.490 e. The molecule has 13 heavy (non-hydrogen) atoms. The van der Waals surface area contributed by atoms with Crippen LogP contribution in [0.5, 0.6) is 5.75 Å². The zero-order valence-electron chi connectivity index (χ0n) is 6.76. The van der Waals surface area contributed by atoms with E-state index in [0.29, 0.717) is 12.0 Å². The van der Waals surface area contributed by atoms with Crippen LogP contribution >= 0.6 is 0 Å². The van der Waals surface area contributed by atoms with Gasteiger partial charge in [-0.25, -0.2) is 4.39 Å². The van der Waals surface area contributed by atoms with E-state index < -0.39 is 17.7 Å². The standard InChI is InChI=1S/C9H8F2O2/c10-6-2-1-5-7(12)3-4-13-9(5)8(6)11/h1-2,7,12H,3-4H2/t7-/m0/s1. The molecule has 0 radical (unpaired) electrons. The van der Waals surface area contributed by atoms with E-state index in [-0.39, 0.29) is 12.4 Å². The molecule has 70 valence electrons. The molecule has 0 aliphatic carbocycles. The van der Waals surface area contributed by atoms with Gasteiger partial charge in [0.05, 0.1) is 12.7 Å². The molecular formula is C9H8F2O2. The van der Waals surface area contributed by atoms with Crippen molar-refractivity contribution >= 4 is 0 Å². The van der Waals surface area contributed by atoms with Crippen molar-refractivity contribution in [2.24, 2.45) is 0 Å². The van der Waals surface area contributed by atoms with Gasteiger partial charge in [0.25, 0.3) is 0 Å². The lowest BCUT2D eigenvalue weighted by Gasteiger charge is -2.22. The summed E-state index contributed by atoms with van der Waals surface area (Å²) in [5, 5.41) is 9.41. The van der Waals surface area contributed by atoms with E-state index in [9.17, 15) is 13.9 Å². The Morgan fingerprint density at radius 3 is 2.92 bits per heavy atom. The second-order valence-electron chi connectivity index (χ2n) is 2.93. The molecule has 1 aromatic carbocycles. The van der Waals surface area contributed by atoms with Gasteiger partial charge in [0.15, 0.2) is 11.6 Å². The fourth-order valence-corrected chi connectivity index (χ4v) is 1.38. The van der Waals surface area contributed by atoms with Gasteiger partial charge in [-0.15, -0.1) is 0 Å². The first kappa shape index (κ1) is 8.44. The summed E-state index contributed by atoms with van der Waals surface area (Å²) >= 11 is 0. The third-order valence-electron chi connectivity index (χ3n) is 2.08. The normalized spacial score (nSPS) is 20.7. The molecule has 4 heteroatoms. The zero-order chi connectivity index (χ0) is 9.42. The average Bonchev–Trinajstić information content (AvgIpc) is 2.12. The van der Waals surface area contributed by atoms with E-state index in [1.807, 2.05) is 0 Å². The number of aliphatic hydroxyl groups excluding tert-OH is 1. The molecule has 2 nitrogen and oxygen atoms in total. The van der Waals surface area contributed by atoms with Gasteiger partial charge in [0.1, 0.15) is 0 Å². The minimum atomic E-state index is -1.02. The van der Waals surface area contributed by atoms with Crippen molar-refractivity contribution in [2.45, 2.75) is 12.5 Å². The van der Waals surface area contributed by atoms with Crippen molar-refractivity contribution in [3.8, 4) is 5.75 Å². The highest BCUT2D eigenvalue weighted by molar-refractivity contribution is 5.38.